The number of para-hydroxylation sites is 1. The molecule has 0 bridgehead atoms. The third kappa shape index (κ3) is 5.52. The normalized spacial score (nSPS) is 11.2. The predicted molar refractivity (Wildman–Crippen MR) is 85.6 cm³/mol. The first-order chi connectivity index (χ1) is 9.50. The van der Waals surface area contributed by atoms with Crippen LogP contribution in [0.2, 0.25) is 0 Å². The maximum atomic E-state index is 8.97. The molecule has 0 spiro atoms. The summed E-state index contributed by atoms with van der Waals surface area (Å²) in [6.07, 6.45) is 2.88. The molecule has 0 saturated heterocycles. The third-order valence-corrected chi connectivity index (χ3v) is 3.79. The SMILES string of the molecule is CNCc1cccc(Br)c1OCCCCC(C)(C)C#N. The van der Waals surface area contributed by atoms with Crippen LogP contribution in [0.4, 0.5) is 0 Å². The fourth-order valence-electron chi connectivity index (χ4n) is 1.94. The highest BCUT2D eigenvalue weighted by molar-refractivity contribution is 9.10. The molecule has 0 aliphatic rings. The monoisotopic (exact) mass is 338 g/mol. The minimum Gasteiger partial charge on any atom is -0.492 e. The summed E-state index contributed by atoms with van der Waals surface area (Å²) >= 11 is 3.53. The lowest BCUT2D eigenvalue weighted by Gasteiger charge is -2.16. The van der Waals surface area contributed by atoms with E-state index in [1.54, 1.807) is 0 Å². The average molecular weight is 339 g/mol. The Morgan fingerprint density at radius 3 is 2.75 bits per heavy atom. The molecule has 0 saturated carbocycles. The van der Waals surface area contributed by atoms with E-state index in [0.29, 0.717) is 6.61 Å². The van der Waals surface area contributed by atoms with Crippen molar-refractivity contribution in [3.63, 3.8) is 0 Å². The molecule has 0 atom stereocenters. The number of rotatable bonds is 8. The smallest absolute Gasteiger partial charge is 0.137 e. The molecule has 0 aliphatic heterocycles. The molecule has 0 amide bonds. The minimum atomic E-state index is -0.232. The number of nitrogens with one attached hydrogen (secondary N) is 1. The molecule has 0 unspecified atom stereocenters. The summed E-state index contributed by atoms with van der Waals surface area (Å²) in [6.45, 7) is 5.43. The van der Waals surface area contributed by atoms with Crippen molar-refractivity contribution >= 4 is 15.9 Å². The van der Waals surface area contributed by atoms with Crippen LogP contribution in [0, 0.1) is 16.7 Å². The fraction of sp³-hybridized carbons (Fsp3) is 0.562. The summed E-state index contributed by atoms with van der Waals surface area (Å²) < 4.78 is 6.89. The van der Waals surface area contributed by atoms with E-state index in [2.05, 4.69) is 33.4 Å². The van der Waals surface area contributed by atoms with Crippen molar-refractivity contribution in [2.24, 2.45) is 5.41 Å². The molecule has 1 aromatic rings. The summed E-state index contributed by atoms with van der Waals surface area (Å²) in [5.74, 6) is 0.918. The van der Waals surface area contributed by atoms with E-state index in [0.717, 1.165) is 41.6 Å². The first kappa shape index (κ1) is 17.0. The first-order valence-corrected chi connectivity index (χ1v) is 7.75. The van der Waals surface area contributed by atoms with Gasteiger partial charge in [0.05, 0.1) is 22.6 Å². The van der Waals surface area contributed by atoms with Crippen LogP contribution in [0.1, 0.15) is 38.7 Å². The van der Waals surface area contributed by atoms with Crippen molar-refractivity contribution in [2.45, 2.75) is 39.7 Å². The quantitative estimate of drug-likeness (QED) is 0.720. The topological polar surface area (TPSA) is 45.0 Å². The zero-order valence-electron chi connectivity index (χ0n) is 12.5. The summed E-state index contributed by atoms with van der Waals surface area (Å²) in [7, 11) is 1.93. The highest BCUT2D eigenvalue weighted by atomic mass is 79.9. The second kappa shape index (κ2) is 8.28. The molecule has 3 nitrogen and oxygen atoms in total. The van der Waals surface area contributed by atoms with Crippen LogP contribution in [0.3, 0.4) is 0 Å². The minimum absolute atomic E-state index is 0.232. The van der Waals surface area contributed by atoms with Gasteiger partial charge in [-0.05, 0) is 62.2 Å². The number of benzene rings is 1. The van der Waals surface area contributed by atoms with Gasteiger partial charge in [-0.2, -0.15) is 5.26 Å². The largest absolute Gasteiger partial charge is 0.492 e. The number of nitrogens with zero attached hydrogens (tertiary/aromatic N) is 1. The number of hydrogen-bond donors (Lipinski definition) is 1. The van der Waals surface area contributed by atoms with Gasteiger partial charge in [0, 0.05) is 12.1 Å². The average Bonchev–Trinajstić information content (AvgIpc) is 2.41. The van der Waals surface area contributed by atoms with Gasteiger partial charge in [0.25, 0.3) is 0 Å². The van der Waals surface area contributed by atoms with Crippen molar-refractivity contribution in [3.05, 3.63) is 28.2 Å². The van der Waals surface area contributed by atoms with Crippen LogP contribution in [0.25, 0.3) is 0 Å². The van der Waals surface area contributed by atoms with Crippen LogP contribution >= 0.6 is 15.9 Å². The Morgan fingerprint density at radius 1 is 1.35 bits per heavy atom. The van der Waals surface area contributed by atoms with Crippen LogP contribution in [0.5, 0.6) is 5.75 Å². The highest BCUT2D eigenvalue weighted by Gasteiger charge is 2.15. The van der Waals surface area contributed by atoms with Gasteiger partial charge >= 0.3 is 0 Å². The molecule has 1 aromatic carbocycles. The van der Waals surface area contributed by atoms with Gasteiger partial charge in [-0.3, -0.25) is 0 Å². The van der Waals surface area contributed by atoms with Crippen molar-refractivity contribution < 1.29 is 4.74 Å². The highest BCUT2D eigenvalue weighted by Crippen LogP contribution is 2.29. The van der Waals surface area contributed by atoms with Gasteiger partial charge in [0.2, 0.25) is 0 Å². The number of hydrogen-bond acceptors (Lipinski definition) is 3. The van der Waals surface area contributed by atoms with Gasteiger partial charge < -0.3 is 10.1 Å². The van der Waals surface area contributed by atoms with E-state index in [-0.39, 0.29) is 5.41 Å². The van der Waals surface area contributed by atoms with Gasteiger partial charge in [0.15, 0.2) is 0 Å². The second-order valence-electron chi connectivity index (χ2n) is 5.56. The van der Waals surface area contributed by atoms with Gasteiger partial charge in [-0.25, -0.2) is 0 Å². The van der Waals surface area contributed by atoms with Crippen molar-refractivity contribution in [1.29, 1.82) is 5.26 Å². The Bertz CT molecular complexity index is 466. The second-order valence-corrected chi connectivity index (χ2v) is 6.41. The molecular formula is C16H23BrN2O. The molecule has 0 radical (unpaired) electrons. The van der Waals surface area contributed by atoms with E-state index in [1.807, 2.05) is 33.0 Å². The molecule has 1 N–H and O–H groups in total. The molecular weight excluding hydrogens is 316 g/mol. The number of unbranched alkanes of at least 4 members (excludes halogenated alkanes) is 1. The lowest BCUT2D eigenvalue weighted by atomic mass is 9.89. The lowest BCUT2D eigenvalue weighted by Crippen LogP contribution is -2.10. The molecule has 0 aromatic heterocycles. The number of halogens is 1. The first-order valence-electron chi connectivity index (χ1n) is 6.96. The van der Waals surface area contributed by atoms with E-state index in [9.17, 15) is 0 Å². The zero-order chi connectivity index (χ0) is 15.0. The molecule has 0 aliphatic carbocycles. The maximum Gasteiger partial charge on any atom is 0.137 e. The summed E-state index contributed by atoms with van der Waals surface area (Å²) in [5.41, 5.74) is 0.921. The Morgan fingerprint density at radius 2 is 2.10 bits per heavy atom. The third-order valence-electron chi connectivity index (χ3n) is 3.16. The molecule has 1 rings (SSSR count). The Kier molecular flexibility index (Phi) is 7.04. The predicted octanol–water partition coefficient (Wildman–Crippen LogP) is 4.27. The van der Waals surface area contributed by atoms with Crippen molar-refractivity contribution in [2.75, 3.05) is 13.7 Å². The maximum absolute atomic E-state index is 8.97. The summed E-state index contributed by atoms with van der Waals surface area (Å²) in [6, 6.07) is 8.40. The summed E-state index contributed by atoms with van der Waals surface area (Å²) in [5, 5.41) is 12.1. The molecule has 20 heavy (non-hydrogen) atoms. The van der Waals surface area contributed by atoms with Crippen LogP contribution in [0.15, 0.2) is 22.7 Å². The molecule has 0 heterocycles. The van der Waals surface area contributed by atoms with Crippen LogP contribution in [-0.4, -0.2) is 13.7 Å². The van der Waals surface area contributed by atoms with Gasteiger partial charge in [-0.15, -0.1) is 0 Å². The van der Waals surface area contributed by atoms with Crippen LogP contribution in [-0.2, 0) is 6.54 Å². The molecule has 0 fully saturated rings. The standard InChI is InChI=1S/C16H23BrN2O/c1-16(2,12-18)9-4-5-10-20-15-13(11-19-3)7-6-8-14(15)17/h6-8,19H,4-5,9-11H2,1-3H3. The Balaban J connectivity index is 2.44. The number of nitriles is 1. The van der Waals surface area contributed by atoms with Gasteiger partial charge in [-0.1, -0.05) is 12.1 Å². The zero-order valence-corrected chi connectivity index (χ0v) is 14.1. The molecule has 4 heteroatoms. The van der Waals surface area contributed by atoms with Crippen LogP contribution < -0.4 is 10.1 Å². The van der Waals surface area contributed by atoms with Crippen molar-refractivity contribution in [1.82, 2.24) is 5.32 Å². The van der Waals surface area contributed by atoms with Crippen molar-refractivity contribution in [3.8, 4) is 11.8 Å². The van der Waals surface area contributed by atoms with Gasteiger partial charge in [0.1, 0.15) is 5.75 Å². The fourth-order valence-corrected chi connectivity index (χ4v) is 2.47. The van der Waals surface area contributed by atoms with E-state index in [1.165, 1.54) is 0 Å². The van der Waals surface area contributed by atoms with E-state index in [4.69, 9.17) is 10.00 Å². The summed E-state index contributed by atoms with van der Waals surface area (Å²) in [4.78, 5) is 0. The Hall–Kier alpha value is -1.05. The Labute approximate surface area is 130 Å². The van der Waals surface area contributed by atoms with E-state index < -0.39 is 0 Å². The van der Waals surface area contributed by atoms with E-state index >= 15 is 0 Å². The lowest BCUT2D eigenvalue weighted by molar-refractivity contribution is 0.290. The number of ether oxygens (including phenoxy) is 1. The molecule has 110 valence electrons.